The van der Waals surface area contributed by atoms with Gasteiger partial charge in [-0.05, 0) is 11.5 Å². The number of methoxy groups -OCH3 is 1. The van der Waals surface area contributed by atoms with Gasteiger partial charge < -0.3 is 4.74 Å². The van der Waals surface area contributed by atoms with E-state index >= 15 is 0 Å². The van der Waals surface area contributed by atoms with E-state index < -0.39 is 10.8 Å². The molecule has 1 rings (SSSR count). The molecule has 0 heterocycles. The van der Waals surface area contributed by atoms with Gasteiger partial charge in [0.15, 0.2) is 5.78 Å². The van der Waals surface area contributed by atoms with E-state index in [9.17, 15) is 9.00 Å². The maximum Gasteiger partial charge on any atom is 0.175 e. The number of ether oxygens (including phenoxy) is 1. The zero-order valence-electron chi connectivity index (χ0n) is 11.1. The van der Waals surface area contributed by atoms with Crippen LogP contribution in [-0.4, -0.2) is 35.2 Å². The quantitative estimate of drug-likeness (QED) is 0.713. The molecule has 18 heavy (non-hydrogen) atoms. The van der Waals surface area contributed by atoms with Crippen molar-refractivity contribution in [2.45, 2.75) is 19.8 Å². The minimum absolute atomic E-state index is 0.0697. The predicted octanol–water partition coefficient (Wildman–Crippen LogP) is 2.39. The topological polar surface area (TPSA) is 43.4 Å². The number of carbonyl (C=O) groups excluding carboxylic acids is 1. The van der Waals surface area contributed by atoms with Crippen LogP contribution in [0.1, 0.15) is 35.7 Å². The highest BCUT2D eigenvalue weighted by Crippen LogP contribution is 2.15. The second-order valence-corrected chi connectivity index (χ2v) is 6.06. The van der Waals surface area contributed by atoms with Crippen molar-refractivity contribution in [3.63, 3.8) is 0 Å². The number of rotatable bonds is 7. The minimum Gasteiger partial charge on any atom is -0.384 e. The molecule has 1 unspecified atom stereocenters. The van der Waals surface area contributed by atoms with Crippen LogP contribution in [0, 0.1) is 0 Å². The van der Waals surface area contributed by atoms with Crippen LogP contribution in [0.5, 0.6) is 0 Å². The Balaban J connectivity index is 2.59. The van der Waals surface area contributed by atoms with E-state index in [4.69, 9.17) is 4.74 Å². The Hall–Kier alpha value is -1.00. The Morgan fingerprint density at radius 2 is 1.89 bits per heavy atom. The Labute approximate surface area is 111 Å². The number of ketones is 1. The maximum absolute atomic E-state index is 11.9. The summed E-state index contributed by atoms with van der Waals surface area (Å²) in [6, 6.07) is 7.53. The fourth-order valence-corrected chi connectivity index (χ4v) is 2.49. The van der Waals surface area contributed by atoms with Gasteiger partial charge in [0.05, 0.1) is 12.4 Å². The summed E-state index contributed by atoms with van der Waals surface area (Å²) in [5, 5.41) is 0. The summed E-state index contributed by atoms with van der Waals surface area (Å²) >= 11 is 0. The van der Waals surface area contributed by atoms with E-state index in [-0.39, 0.29) is 11.5 Å². The molecule has 4 heteroatoms. The van der Waals surface area contributed by atoms with Gasteiger partial charge in [-0.3, -0.25) is 9.00 Å². The molecule has 0 aliphatic carbocycles. The van der Waals surface area contributed by atoms with Crippen LogP contribution in [-0.2, 0) is 15.5 Å². The first kappa shape index (κ1) is 15.1. The van der Waals surface area contributed by atoms with Crippen LogP contribution in [0.4, 0.5) is 0 Å². The van der Waals surface area contributed by atoms with Gasteiger partial charge in [-0.1, -0.05) is 38.1 Å². The molecule has 1 aromatic carbocycles. The molecule has 0 N–H and O–H groups in total. The van der Waals surface area contributed by atoms with Crippen molar-refractivity contribution in [2.75, 3.05) is 25.2 Å². The monoisotopic (exact) mass is 268 g/mol. The molecule has 0 spiro atoms. The lowest BCUT2D eigenvalue weighted by molar-refractivity contribution is 0.102. The van der Waals surface area contributed by atoms with Crippen LogP contribution in [0.3, 0.4) is 0 Å². The van der Waals surface area contributed by atoms with Crippen molar-refractivity contribution >= 4 is 16.6 Å². The highest BCUT2D eigenvalue weighted by Gasteiger charge is 2.10. The van der Waals surface area contributed by atoms with E-state index in [1.807, 2.05) is 24.3 Å². The van der Waals surface area contributed by atoms with Crippen molar-refractivity contribution in [1.29, 1.82) is 0 Å². The summed E-state index contributed by atoms with van der Waals surface area (Å²) in [6.07, 6.45) is 0. The average Bonchev–Trinajstić information content (AvgIpc) is 2.36. The summed E-state index contributed by atoms with van der Waals surface area (Å²) in [5.41, 5.74) is 1.83. The zero-order chi connectivity index (χ0) is 13.5. The van der Waals surface area contributed by atoms with E-state index in [2.05, 4.69) is 13.8 Å². The fraction of sp³-hybridized carbons (Fsp3) is 0.500. The Bertz CT molecular complexity index is 410. The van der Waals surface area contributed by atoms with Crippen molar-refractivity contribution in [3.05, 3.63) is 35.4 Å². The van der Waals surface area contributed by atoms with Gasteiger partial charge in [0.1, 0.15) is 0 Å². The number of carbonyl (C=O) groups is 1. The van der Waals surface area contributed by atoms with Gasteiger partial charge in [0.2, 0.25) is 0 Å². The standard InChI is InChI=1S/C14H20O3S/c1-11(2)12-4-6-13(7-5-12)14(15)10-18(16)9-8-17-3/h4-7,11H,8-10H2,1-3H3. The van der Waals surface area contributed by atoms with Crippen LogP contribution in [0.25, 0.3) is 0 Å². The lowest BCUT2D eigenvalue weighted by atomic mass is 10.0. The molecule has 0 saturated carbocycles. The summed E-state index contributed by atoms with van der Waals surface area (Å²) < 4.78 is 16.4. The molecular weight excluding hydrogens is 248 g/mol. The predicted molar refractivity (Wildman–Crippen MR) is 74.6 cm³/mol. The lowest BCUT2D eigenvalue weighted by Crippen LogP contribution is -2.15. The molecule has 1 aromatic rings. The first-order valence-corrected chi connectivity index (χ1v) is 7.50. The van der Waals surface area contributed by atoms with Crippen LogP contribution in [0.15, 0.2) is 24.3 Å². The van der Waals surface area contributed by atoms with Crippen LogP contribution in [0.2, 0.25) is 0 Å². The third-order valence-electron chi connectivity index (χ3n) is 2.71. The van der Waals surface area contributed by atoms with E-state index in [0.29, 0.717) is 23.8 Å². The van der Waals surface area contributed by atoms with Crippen molar-refractivity contribution in [3.8, 4) is 0 Å². The highest BCUT2D eigenvalue weighted by atomic mass is 32.2. The zero-order valence-corrected chi connectivity index (χ0v) is 12.0. The molecular formula is C14H20O3S. The van der Waals surface area contributed by atoms with Crippen molar-refractivity contribution in [2.24, 2.45) is 0 Å². The van der Waals surface area contributed by atoms with E-state index in [1.165, 1.54) is 5.56 Å². The van der Waals surface area contributed by atoms with Gasteiger partial charge in [-0.2, -0.15) is 0 Å². The second-order valence-electron chi connectivity index (χ2n) is 4.48. The molecule has 0 aliphatic heterocycles. The Kier molecular flexibility index (Phi) is 6.22. The Morgan fingerprint density at radius 1 is 1.28 bits per heavy atom. The van der Waals surface area contributed by atoms with Gasteiger partial charge in [-0.15, -0.1) is 0 Å². The normalized spacial score (nSPS) is 12.7. The molecule has 0 radical (unpaired) electrons. The lowest BCUT2D eigenvalue weighted by Gasteiger charge is -2.06. The molecule has 3 nitrogen and oxygen atoms in total. The molecule has 0 amide bonds. The fourth-order valence-electron chi connectivity index (χ4n) is 1.53. The number of benzene rings is 1. The molecule has 0 aliphatic rings. The van der Waals surface area contributed by atoms with Gasteiger partial charge in [0.25, 0.3) is 0 Å². The van der Waals surface area contributed by atoms with Crippen LogP contribution < -0.4 is 0 Å². The smallest absolute Gasteiger partial charge is 0.175 e. The summed E-state index contributed by atoms with van der Waals surface area (Å²) in [6.45, 7) is 4.64. The largest absolute Gasteiger partial charge is 0.384 e. The first-order chi connectivity index (χ1) is 8.54. The Morgan fingerprint density at radius 3 is 2.39 bits per heavy atom. The number of Topliss-reactive ketones (excluding diaryl/α,β-unsaturated/α-hetero) is 1. The van der Waals surface area contributed by atoms with Gasteiger partial charge in [0, 0.05) is 29.2 Å². The van der Waals surface area contributed by atoms with E-state index in [0.717, 1.165) is 0 Å². The maximum atomic E-state index is 11.9. The average molecular weight is 268 g/mol. The van der Waals surface area contributed by atoms with Crippen molar-refractivity contribution in [1.82, 2.24) is 0 Å². The summed E-state index contributed by atoms with van der Waals surface area (Å²) in [5.74, 6) is 0.862. The highest BCUT2D eigenvalue weighted by molar-refractivity contribution is 7.85. The van der Waals surface area contributed by atoms with Crippen molar-refractivity contribution < 1.29 is 13.7 Å². The third-order valence-corrected chi connectivity index (χ3v) is 3.91. The second kappa shape index (κ2) is 7.44. The molecule has 0 bridgehead atoms. The molecule has 0 saturated heterocycles. The summed E-state index contributed by atoms with van der Waals surface area (Å²) in [4.78, 5) is 11.9. The van der Waals surface area contributed by atoms with E-state index in [1.54, 1.807) is 7.11 Å². The first-order valence-electron chi connectivity index (χ1n) is 6.01. The number of hydrogen-bond acceptors (Lipinski definition) is 3. The minimum atomic E-state index is -1.14. The third kappa shape index (κ3) is 4.70. The molecule has 100 valence electrons. The SMILES string of the molecule is COCCS(=O)CC(=O)c1ccc(C(C)C)cc1. The number of hydrogen-bond donors (Lipinski definition) is 0. The van der Waals surface area contributed by atoms with Crippen LogP contribution >= 0.6 is 0 Å². The van der Waals surface area contributed by atoms with Gasteiger partial charge in [-0.25, -0.2) is 0 Å². The van der Waals surface area contributed by atoms with Gasteiger partial charge >= 0.3 is 0 Å². The molecule has 0 fully saturated rings. The molecule has 1 atom stereocenters. The molecule has 0 aromatic heterocycles. The summed E-state index contributed by atoms with van der Waals surface area (Å²) in [7, 11) is 0.420.